The zero-order valence-electron chi connectivity index (χ0n) is 15.6. The average Bonchev–Trinajstić information content (AvgIpc) is 3.08. The molecule has 0 saturated heterocycles. The highest BCUT2D eigenvalue weighted by Crippen LogP contribution is 2.23. The number of nitrogens with one attached hydrogen (secondary N) is 3. The highest BCUT2D eigenvalue weighted by Gasteiger charge is 2.19. The van der Waals surface area contributed by atoms with Gasteiger partial charge in [0.15, 0.2) is 0 Å². The van der Waals surface area contributed by atoms with E-state index in [1.54, 1.807) is 12.4 Å². The third-order valence-corrected chi connectivity index (χ3v) is 4.09. The van der Waals surface area contributed by atoms with Crippen LogP contribution in [0.1, 0.15) is 30.6 Å². The van der Waals surface area contributed by atoms with Crippen molar-refractivity contribution in [3.63, 3.8) is 0 Å². The molecule has 10 heteroatoms. The van der Waals surface area contributed by atoms with Gasteiger partial charge in [-0.05, 0) is 30.5 Å². The molecule has 0 fully saturated rings. The van der Waals surface area contributed by atoms with E-state index in [2.05, 4.69) is 30.6 Å². The standard InChI is InChI=1S/C18H22N8O2/c1-9(2)5-14(16(20)28)25-18-21-7-11(15(19)27)17(26-18)24-10-3-4-12-13(6-10)23-8-22-12/h3-4,6-9,14H,5H2,1-2H3,(H2,19,27)(H2,20,28)(H,22,23)(H2,21,24,25,26). The Morgan fingerprint density at radius 3 is 2.68 bits per heavy atom. The zero-order valence-corrected chi connectivity index (χ0v) is 15.6. The Morgan fingerprint density at radius 1 is 1.21 bits per heavy atom. The third-order valence-electron chi connectivity index (χ3n) is 4.09. The predicted molar refractivity (Wildman–Crippen MR) is 106 cm³/mol. The number of primary amides is 2. The molecule has 2 aromatic heterocycles. The second-order valence-electron chi connectivity index (χ2n) is 6.81. The maximum Gasteiger partial charge on any atom is 0.254 e. The summed E-state index contributed by atoms with van der Waals surface area (Å²) in [5.74, 6) is -0.550. The zero-order chi connectivity index (χ0) is 20.3. The van der Waals surface area contributed by atoms with Crippen molar-refractivity contribution in [1.82, 2.24) is 19.9 Å². The Morgan fingerprint density at radius 2 is 2.00 bits per heavy atom. The molecule has 3 aromatic rings. The van der Waals surface area contributed by atoms with Crippen molar-refractivity contribution in [3.05, 3.63) is 36.3 Å². The number of aromatic nitrogens is 4. The molecule has 1 unspecified atom stereocenters. The molecule has 2 heterocycles. The number of hydrogen-bond acceptors (Lipinski definition) is 7. The highest BCUT2D eigenvalue weighted by atomic mass is 16.1. The van der Waals surface area contributed by atoms with Crippen molar-refractivity contribution in [2.24, 2.45) is 17.4 Å². The summed E-state index contributed by atoms with van der Waals surface area (Å²) in [5, 5.41) is 5.99. The van der Waals surface area contributed by atoms with Crippen molar-refractivity contribution in [2.75, 3.05) is 10.6 Å². The van der Waals surface area contributed by atoms with Gasteiger partial charge in [0.05, 0.1) is 17.4 Å². The van der Waals surface area contributed by atoms with E-state index in [1.165, 1.54) is 6.20 Å². The fraction of sp³-hybridized carbons (Fsp3) is 0.278. The second kappa shape index (κ2) is 7.91. The lowest BCUT2D eigenvalue weighted by atomic mass is 10.0. The molecule has 0 radical (unpaired) electrons. The van der Waals surface area contributed by atoms with Gasteiger partial charge in [-0.2, -0.15) is 4.98 Å². The van der Waals surface area contributed by atoms with Crippen LogP contribution in [0.25, 0.3) is 11.0 Å². The number of imidazole rings is 1. The third kappa shape index (κ3) is 4.34. The summed E-state index contributed by atoms with van der Waals surface area (Å²) in [6.45, 7) is 3.96. The number of H-pyrrole nitrogens is 1. The predicted octanol–water partition coefficient (Wildman–Crippen LogP) is 1.51. The monoisotopic (exact) mass is 382 g/mol. The van der Waals surface area contributed by atoms with Gasteiger partial charge in [-0.3, -0.25) is 9.59 Å². The fourth-order valence-electron chi connectivity index (χ4n) is 2.75. The minimum absolute atomic E-state index is 0.120. The first-order valence-corrected chi connectivity index (χ1v) is 8.76. The molecule has 1 aromatic carbocycles. The first kappa shape index (κ1) is 19.1. The molecule has 0 saturated carbocycles. The van der Waals surface area contributed by atoms with Gasteiger partial charge in [0.25, 0.3) is 5.91 Å². The van der Waals surface area contributed by atoms with Gasteiger partial charge in [0, 0.05) is 11.9 Å². The Labute approximate surface area is 161 Å². The van der Waals surface area contributed by atoms with Crippen LogP contribution in [0, 0.1) is 5.92 Å². The van der Waals surface area contributed by atoms with Crippen molar-refractivity contribution in [2.45, 2.75) is 26.3 Å². The van der Waals surface area contributed by atoms with Crippen molar-refractivity contribution >= 4 is 40.3 Å². The van der Waals surface area contributed by atoms with Crippen LogP contribution in [0.4, 0.5) is 17.5 Å². The van der Waals surface area contributed by atoms with E-state index < -0.39 is 17.9 Å². The number of carbonyl (C=O) groups is 2. The molecule has 0 aliphatic heterocycles. The van der Waals surface area contributed by atoms with E-state index in [-0.39, 0.29) is 23.2 Å². The average molecular weight is 382 g/mol. The highest BCUT2D eigenvalue weighted by molar-refractivity contribution is 5.98. The molecule has 0 aliphatic carbocycles. The Kier molecular flexibility index (Phi) is 5.39. The molecular weight excluding hydrogens is 360 g/mol. The first-order chi connectivity index (χ1) is 13.3. The topological polar surface area (TPSA) is 165 Å². The molecule has 3 rings (SSSR count). The van der Waals surface area contributed by atoms with Crippen LogP contribution in [0.3, 0.4) is 0 Å². The molecule has 2 amide bonds. The van der Waals surface area contributed by atoms with E-state index in [0.29, 0.717) is 12.1 Å². The van der Waals surface area contributed by atoms with Gasteiger partial charge >= 0.3 is 0 Å². The van der Waals surface area contributed by atoms with Crippen LogP contribution in [0.2, 0.25) is 0 Å². The number of nitrogens with two attached hydrogens (primary N) is 2. The lowest BCUT2D eigenvalue weighted by Gasteiger charge is -2.18. The molecule has 10 nitrogen and oxygen atoms in total. The van der Waals surface area contributed by atoms with Crippen LogP contribution >= 0.6 is 0 Å². The summed E-state index contributed by atoms with van der Waals surface area (Å²) in [6.07, 6.45) is 3.42. The number of benzene rings is 1. The SMILES string of the molecule is CC(C)CC(Nc1ncc(C(N)=O)c(Nc2ccc3nc[nH]c3c2)n1)C(N)=O. The lowest BCUT2D eigenvalue weighted by Crippen LogP contribution is -2.37. The number of carbonyl (C=O) groups excluding carboxylic acids is 2. The molecule has 7 N–H and O–H groups in total. The molecule has 0 aliphatic rings. The van der Waals surface area contributed by atoms with E-state index in [4.69, 9.17) is 11.5 Å². The van der Waals surface area contributed by atoms with Crippen LogP contribution in [0.5, 0.6) is 0 Å². The summed E-state index contributed by atoms with van der Waals surface area (Å²) in [4.78, 5) is 39.0. The first-order valence-electron chi connectivity index (χ1n) is 8.76. The Balaban J connectivity index is 1.90. The molecule has 1 atom stereocenters. The summed E-state index contributed by atoms with van der Waals surface area (Å²) in [5.41, 5.74) is 13.3. The van der Waals surface area contributed by atoms with Crippen LogP contribution in [-0.2, 0) is 4.79 Å². The largest absolute Gasteiger partial charge is 0.368 e. The van der Waals surface area contributed by atoms with Gasteiger partial charge in [-0.1, -0.05) is 13.8 Å². The lowest BCUT2D eigenvalue weighted by molar-refractivity contribution is -0.119. The molecule has 0 bridgehead atoms. The molecule has 28 heavy (non-hydrogen) atoms. The Bertz CT molecular complexity index is 1010. The Hall–Kier alpha value is -3.69. The quantitative estimate of drug-likeness (QED) is 0.394. The van der Waals surface area contributed by atoms with Crippen LogP contribution in [-0.4, -0.2) is 37.8 Å². The summed E-state index contributed by atoms with van der Waals surface area (Å²) < 4.78 is 0. The van der Waals surface area contributed by atoms with E-state index in [0.717, 1.165) is 11.0 Å². The number of hydrogen-bond donors (Lipinski definition) is 5. The number of rotatable bonds is 8. The van der Waals surface area contributed by atoms with Crippen molar-refractivity contribution in [3.8, 4) is 0 Å². The number of fused-ring (bicyclic) bond motifs is 1. The van der Waals surface area contributed by atoms with Crippen molar-refractivity contribution < 1.29 is 9.59 Å². The number of aromatic amines is 1. The van der Waals surface area contributed by atoms with Gasteiger partial charge in [-0.15, -0.1) is 0 Å². The van der Waals surface area contributed by atoms with E-state index in [1.807, 2.05) is 26.0 Å². The van der Waals surface area contributed by atoms with Crippen LogP contribution < -0.4 is 22.1 Å². The fourth-order valence-corrected chi connectivity index (χ4v) is 2.75. The number of amides is 2. The summed E-state index contributed by atoms with van der Waals surface area (Å²) >= 11 is 0. The smallest absolute Gasteiger partial charge is 0.254 e. The molecule has 0 spiro atoms. The van der Waals surface area contributed by atoms with Gasteiger partial charge in [-0.25, -0.2) is 9.97 Å². The molecular formula is C18H22N8O2. The minimum Gasteiger partial charge on any atom is -0.368 e. The van der Waals surface area contributed by atoms with E-state index >= 15 is 0 Å². The van der Waals surface area contributed by atoms with Gasteiger partial charge in [0.2, 0.25) is 11.9 Å². The van der Waals surface area contributed by atoms with Gasteiger partial charge in [0.1, 0.15) is 17.4 Å². The number of anilines is 3. The van der Waals surface area contributed by atoms with Crippen LogP contribution in [0.15, 0.2) is 30.7 Å². The maximum absolute atomic E-state index is 11.8. The summed E-state index contributed by atoms with van der Waals surface area (Å²) in [7, 11) is 0. The maximum atomic E-state index is 11.8. The molecule has 146 valence electrons. The second-order valence-corrected chi connectivity index (χ2v) is 6.81. The van der Waals surface area contributed by atoms with Crippen molar-refractivity contribution in [1.29, 1.82) is 0 Å². The van der Waals surface area contributed by atoms with E-state index in [9.17, 15) is 9.59 Å². The number of nitrogens with zero attached hydrogens (tertiary/aromatic N) is 3. The summed E-state index contributed by atoms with van der Waals surface area (Å²) in [6, 6.07) is 4.82. The normalized spacial score (nSPS) is 12.1. The van der Waals surface area contributed by atoms with Gasteiger partial charge < -0.3 is 27.1 Å². The minimum atomic E-state index is -0.676.